The van der Waals surface area contributed by atoms with Crippen LogP contribution in [0.2, 0.25) is 0 Å². The van der Waals surface area contributed by atoms with Gasteiger partial charge in [0.2, 0.25) is 0 Å². The molecule has 2 atom stereocenters. The number of carbonyl (C=O) groups is 2. The Morgan fingerprint density at radius 3 is 3.05 bits per heavy atom. The third-order valence-electron chi connectivity index (χ3n) is 3.94. The van der Waals surface area contributed by atoms with Crippen molar-refractivity contribution < 1.29 is 14.7 Å². The highest BCUT2D eigenvalue weighted by Crippen LogP contribution is 2.32. The number of carboxylic acid groups (broad SMARTS) is 1. The monoisotopic (exact) mass is 310 g/mol. The zero-order valence-electron chi connectivity index (χ0n) is 12.5. The first-order valence-corrected chi connectivity index (χ1v) is 8.22. The van der Waals surface area contributed by atoms with Crippen LogP contribution in [0.3, 0.4) is 0 Å². The number of thiophene rings is 1. The molecule has 1 aromatic heterocycles. The maximum absolute atomic E-state index is 12.3. The van der Waals surface area contributed by atoms with Crippen LogP contribution in [-0.2, 0) is 11.2 Å². The lowest BCUT2D eigenvalue weighted by Gasteiger charge is -2.34. The first-order chi connectivity index (χ1) is 9.99. The maximum Gasteiger partial charge on any atom is 0.318 e. The number of hydrogen-bond acceptors (Lipinski definition) is 3. The second kappa shape index (κ2) is 6.93. The molecule has 0 radical (unpaired) electrons. The third kappa shape index (κ3) is 3.97. The summed E-state index contributed by atoms with van der Waals surface area (Å²) in [4.78, 5) is 26.1. The first-order valence-electron chi connectivity index (χ1n) is 7.34. The second-order valence-electron chi connectivity index (χ2n) is 5.55. The molecule has 1 aliphatic heterocycles. The Hall–Kier alpha value is -1.56. The molecule has 0 aromatic carbocycles. The van der Waals surface area contributed by atoms with Crippen molar-refractivity contribution in [3.63, 3.8) is 0 Å². The molecule has 6 heteroatoms. The van der Waals surface area contributed by atoms with Crippen molar-refractivity contribution in [2.24, 2.45) is 0 Å². The molecule has 0 saturated carbocycles. The molecular formula is C15H22N2O3S. The van der Waals surface area contributed by atoms with E-state index in [1.165, 1.54) is 10.4 Å². The van der Waals surface area contributed by atoms with E-state index in [1.807, 2.05) is 11.8 Å². The molecule has 1 aromatic rings. The molecule has 0 bridgehead atoms. The summed E-state index contributed by atoms with van der Waals surface area (Å²) in [6.07, 6.45) is 2.34. The van der Waals surface area contributed by atoms with E-state index in [2.05, 4.69) is 23.7 Å². The molecule has 2 amide bonds. The van der Waals surface area contributed by atoms with Gasteiger partial charge in [-0.05, 0) is 50.1 Å². The van der Waals surface area contributed by atoms with Gasteiger partial charge in [-0.25, -0.2) is 4.79 Å². The topological polar surface area (TPSA) is 69.6 Å². The van der Waals surface area contributed by atoms with Crippen LogP contribution in [0.15, 0.2) is 11.4 Å². The van der Waals surface area contributed by atoms with Crippen LogP contribution >= 0.6 is 11.3 Å². The number of carbonyl (C=O) groups excluding carboxylic acids is 1. The highest BCUT2D eigenvalue weighted by atomic mass is 32.1. The van der Waals surface area contributed by atoms with Crippen LogP contribution in [0.25, 0.3) is 0 Å². The Kier molecular flexibility index (Phi) is 5.22. The summed E-state index contributed by atoms with van der Waals surface area (Å²) in [6, 6.07) is 2.14. The highest BCUT2D eigenvalue weighted by molar-refractivity contribution is 7.10. The van der Waals surface area contributed by atoms with Gasteiger partial charge in [-0.1, -0.05) is 0 Å². The molecule has 21 heavy (non-hydrogen) atoms. The minimum atomic E-state index is -0.789. The van der Waals surface area contributed by atoms with E-state index >= 15 is 0 Å². The van der Waals surface area contributed by atoms with Crippen LogP contribution in [0, 0.1) is 0 Å². The van der Waals surface area contributed by atoms with Crippen molar-refractivity contribution in [3.8, 4) is 0 Å². The molecule has 2 heterocycles. The highest BCUT2D eigenvalue weighted by Gasteiger charge is 2.28. The fraction of sp³-hybridized carbons (Fsp3) is 0.600. The van der Waals surface area contributed by atoms with Crippen molar-refractivity contribution >= 4 is 23.3 Å². The van der Waals surface area contributed by atoms with E-state index in [9.17, 15) is 9.59 Å². The molecule has 5 nitrogen and oxygen atoms in total. The summed E-state index contributed by atoms with van der Waals surface area (Å²) in [6.45, 7) is 4.71. The van der Waals surface area contributed by atoms with E-state index in [1.54, 1.807) is 11.3 Å². The zero-order valence-corrected chi connectivity index (χ0v) is 13.3. The van der Waals surface area contributed by atoms with E-state index in [4.69, 9.17) is 5.11 Å². The van der Waals surface area contributed by atoms with Gasteiger partial charge in [-0.3, -0.25) is 4.79 Å². The fourth-order valence-corrected chi connectivity index (χ4v) is 3.67. The fourth-order valence-electron chi connectivity index (χ4n) is 2.71. The molecule has 2 rings (SSSR count). The Bertz CT molecular complexity index is 515. The van der Waals surface area contributed by atoms with E-state index < -0.39 is 5.97 Å². The van der Waals surface area contributed by atoms with E-state index in [0.29, 0.717) is 12.8 Å². The normalized spacial score (nSPS) is 19.0. The number of urea groups is 1. The molecule has 1 aliphatic rings. The van der Waals surface area contributed by atoms with Crippen LogP contribution < -0.4 is 5.32 Å². The van der Waals surface area contributed by atoms with Crippen LogP contribution in [0.1, 0.15) is 49.6 Å². The van der Waals surface area contributed by atoms with Gasteiger partial charge in [-0.15, -0.1) is 11.3 Å². The quantitative estimate of drug-likeness (QED) is 0.878. The third-order valence-corrected chi connectivity index (χ3v) is 4.93. The molecule has 0 saturated heterocycles. The lowest BCUT2D eigenvalue weighted by Crippen LogP contribution is -2.47. The predicted molar refractivity (Wildman–Crippen MR) is 82.6 cm³/mol. The largest absolute Gasteiger partial charge is 0.481 e. The summed E-state index contributed by atoms with van der Waals surface area (Å²) in [5.74, 6) is -0.789. The minimum Gasteiger partial charge on any atom is -0.481 e. The van der Waals surface area contributed by atoms with Crippen LogP contribution in [0.4, 0.5) is 4.79 Å². The smallest absolute Gasteiger partial charge is 0.318 e. The average molecular weight is 310 g/mol. The second-order valence-corrected chi connectivity index (χ2v) is 6.56. The predicted octanol–water partition coefficient (Wildman–Crippen LogP) is 3.02. The van der Waals surface area contributed by atoms with Gasteiger partial charge in [0.05, 0.1) is 6.04 Å². The Morgan fingerprint density at radius 1 is 1.57 bits per heavy atom. The molecule has 0 spiro atoms. The molecule has 0 aliphatic carbocycles. The Balaban J connectivity index is 1.85. The summed E-state index contributed by atoms with van der Waals surface area (Å²) >= 11 is 1.76. The summed E-state index contributed by atoms with van der Waals surface area (Å²) in [7, 11) is 0. The van der Waals surface area contributed by atoms with E-state index in [-0.39, 0.29) is 24.5 Å². The van der Waals surface area contributed by atoms with Crippen LogP contribution in [-0.4, -0.2) is 34.6 Å². The summed E-state index contributed by atoms with van der Waals surface area (Å²) < 4.78 is 0. The molecule has 2 N–H and O–H groups in total. The minimum absolute atomic E-state index is 0.00655. The molecule has 116 valence electrons. The SMILES string of the molecule is CC(CCCC(=O)O)NC(=O)N1CCc2sccc2C1C. The van der Waals surface area contributed by atoms with Crippen molar-refractivity contribution in [1.82, 2.24) is 10.2 Å². The number of rotatable bonds is 5. The van der Waals surface area contributed by atoms with Gasteiger partial charge in [0.1, 0.15) is 0 Å². The number of nitrogens with zero attached hydrogens (tertiary/aromatic N) is 1. The zero-order chi connectivity index (χ0) is 15.4. The van der Waals surface area contributed by atoms with Crippen LogP contribution in [0.5, 0.6) is 0 Å². The summed E-state index contributed by atoms with van der Waals surface area (Å²) in [5, 5.41) is 13.7. The van der Waals surface area contributed by atoms with Crippen molar-refractivity contribution in [3.05, 3.63) is 21.9 Å². The van der Waals surface area contributed by atoms with E-state index in [0.717, 1.165) is 13.0 Å². The van der Waals surface area contributed by atoms with Gasteiger partial charge in [-0.2, -0.15) is 0 Å². The lowest BCUT2D eigenvalue weighted by atomic mass is 10.0. The number of amides is 2. The number of carboxylic acids is 1. The van der Waals surface area contributed by atoms with Gasteiger partial charge in [0, 0.05) is 23.9 Å². The molecule has 0 fully saturated rings. The van der Waals surface area contributed by atoms with Crippen molar-refractivity contribution in [1.29, 1.82) is 0 Å². The van der Waals surface area contributed by atoms with Gasteiger partial charge < -0.3 is 15.3 Å². The van der Waals surface area contributed by atoms with Crippen molar-refractivity contribution in [2.45, 2.75) is 51.6 Å². The standard InChI is InChI=1S/C15H22N2O3S/c1-10(4-3-5-14(18)19)16-15(20)17-8-6-13-12(11(17)2)7-9-21-13/h7,9-11H,3-6,8H2,1-2H3,(H,16,20)(H,18,19). The lowest BCUT2D eigenvalue weighted by molar-refractivity contribution is -0.137. The van der Waals surface area contributed by atoms with Gasteiger partial charge >= 0.3 is 12.0 Å². The first kappa shape index (κ1) is 15.8. The Morgan fingerprint density at radius 2 is 2.33 bits per heavy atom. The number of hydrogen-bond donors (Lipinski definition) is 2. The van der Waals surface area contributed by atoms with Gasteiger partial charge in [0.15, 0.2) is 0 Å². The number of aliphatic carboxylic acids is 1. The molecule has 2 unspecified atom stereocenters. The van der Waals surface area contributed by atoms with Crippen molar-refractivity contribution in [2.75, 3.05) is 6.54 Å². The summed E-state index contributed by atoms with van der Waals surface area (Å²) in [5.41, 5.74) is 1.25. The Labute approximate surface area is 129 Å². The van der Waals surface area contributed by atoms with Gasteiger partial charge in [0.25, 0.3) is 0 Å². The average Bonchev–Trinajstić information content (AvgIpc) is 2.87. The molecular weight excluding hydrogens is 288 g/mol. The number of fused-ring (bicyclic) bond motifs is 1. The number of nitrogens with one attached hydrogen (secondary N) is 1. The maximum atomic E-state index is 12.3.